The van der Waals surface area contributed by atoms with Gasteiger partial charge in [0.2, 0.25) is 0 Å². The van der Waals surface area contributed by atoms with E-state index in [1.165, 1.54) is 12.3 Å². The van der Waals surface area contributed by atoms with Gasteiger partial charge in [0, 0.05) is 12.3 Å². The van der Waals surface area contributed by atoms with Crippen molar-refractivity contribution in [2.24, 2.45) is 5.10 Å². The monoisotopic (exact) mass is 190 g/mol. The topological polar surface area (TPSA) is 61.7 Å². The van der Waals surface area contributed by atoms with Gasteiger partial charge in [0.15, 0.2) is 0 Å². The van der Waals surface area contributed by atoms with Crippen molar-refractivity contribution >= 4 is 17.9 Å². The molecule has 0 bridgehead atoms. The van der Waals surface area contributed by atoms with Crippen LogP contribution in [0.2, 0.25) is 0 Å². The van der Waals surface area contributed by atoms with Crippen LogP contribution in [0.25, 0.3) is 0 Å². The maximum absolute atomic E-state index is 10.1. The van der Waals surface area contributed by atoms with Gasteiger partial charge in [-0.25, -0.2) is 4.79 Å². The van der Waals surface area contributed by atoms with Gasteiger partial charge in [-0.05, 0) is 18.2 Å². The van der Waals surface area contributed by atoms with E-state index < -0.39 is 5.97 Å². The van der Waals surface area contributed by atoms with E-state index >= 15 is 0 Å². The molecule has 0 unspecified atom stereocenters. The highest BCUT2D eigenvalue weighted by molar-refractivity contribution is 5.86. The van der Waals surface area contributed by atoms with Crippen molar-refractivity contribution in [3.8, 4) is 0 Å². The predicted molar refractivity (Wildman–Crippen MR) is 55.3 cm³/mol. The molecular formula is C10H10N2O2. The first kappa shape index (κ1) is 9.98. The number of anilines is 1. The van der Waals surface area contributed by atoms with Gasteiger partial charge in [-0.2, -0.15) is 5.10 Å². The minimum absolute atomic E-state index is 0.854. The van der Waals surface area contributed by atoms with Crippen LogP contribution in [0.1, 0.15) is 0 Å². The molecule has 0 heterocycles. The van der Waals surface area contributed by atoms with Crippen molar-refractivity contribution in [1.82, 2.24) is 0 Å². The second-order valence-corrected chi connectivity index (χ2v) is 2.45. The molecule has 0 aromatic heterocycles. The van der Waals surface area contributed by atoms with E-state index in [4.69, 9.17) is 5.11 Å². The second-order valence-electron chi connectivity index (χ2n) is 2.45. The molecule has 2 N–H and O–H groups in total. The van der Waals surface area contributed by atoms with E-state index in [2.05, 4.69) is 10.5 Å². The first-order valence-electron chi connectivity index (χ1n) is 4.03. The van der Waals surface area contributed by atoms with Crippen LogP contribution in [-0.4, -0.2) is 17.3 Å². The van der Waals surface area contributed by atoms with Gasteiger partial charge in [0.1, 0.15) is 0 Å². The summed E-state index contributed by atoms with van der Waals surface area (Å²) in [6.07, 6.45) is 3.73. The van der Waals surface area contributed by atoms with Gasteiger partial charge < -0.3 is 5.11 Å². The van der Waals surface area contributed by atoms with Crippen LogP contribution in [0.5, 0.6) is 0 Å². The van der Waals surface area contributed by atoms with Crippen molar-refractivity contribution < 1.29 is 9.90 Å². The molecule has 4 heteroatoms. The number of rotatable bonds is 4. The molecular weight excluding hydrogens is 180 g/mol. The zero-order valence-electron chi connectivity index (χ0n) is 7.42. The Bertz CT molecular complexity index is 344. The molecule has 4 nitrogen and oxygen atoms in total. The zero-order chi connectivity index (χ0) is 10.2. The smallest absolute Gasteiger partial charge is 0.328 e. The van der Waals surface area contributed by atoms with Crippen molar-refractivity contribution in [3.05, 3.63) is 42.5 Å². The zero-order valence-corrected chi connectivity index (χ0v) is 7.42. The Hall–Kier alpha value is -2.10. The van der Waals surface area contributed by atoms with Crippen LogP contribution >= 0.6 is 0 Å². The van der Waals surface area contributed by atoms with Gasteiger partial charge in [-0.15, -0.1) is 0 Å². The number of nitrogens with one attached hydrogen (secondary N) is 1. The number of hydrogen-bond acceptors (Lipinski definition) is 3. The average Bonchev–Trinajstić information content (AvgIpc) is 2.18. The number of allylic oxidation sites excluding steroid dienone is 1. The van der Waals surface area contributed by atoms with E-state index in [1.807, 2.05) is 30.3 Å². The third-order valence-corrected chi connectivity index (χ3v) is 1.37. The second kappa shape index (κ2) is 5.53. The third-order valence-electron chi connectivity index (χ3n) is 1.37. The summed E-state index contributed by atoms with van der Waals surface area (Å²) in [5.74, 6) is -0.990. The van der Waals surface area contributed by atoms with Gasteiger partial charge in [0.05, 0.1) is 5.69 Å². The summed E-state index contributed by atoms with van der Waals surface area (Å²) in [6, 6.07) is 9.38. The number of carboxylic acids is 1. The van der Waals surface area contributed by atoms with Gasteiger partial charge in [0.25, 0.3) is 0 Å². The van der Waals surface area contributed by atoms with E-state index in [9.17, 15) is 4.79 Å². The molecule has 1 aromatic rings. The summed E-state index contributed by atoms with van der Waals surface area (Å²) in [4.78, 5) is 10.1. The van der Waals surface area contributed by atoms with Crippen LogP contribution in [0.4, 0.5) is 5.69 Å². The largest absolute Gasteiger partial charge is 0.478 e. The number of nitrogens with zero attached hydrogens (tertiary/aromatic N) is 1. The normalized spacial score (nSPS) is 10.9. The van der Waals surface area contributed by atoms with Crippen molar-refractivity contribution in [2.75, 3.05) is 5.43 Å². The molecule has 0 amide bonds. The summed E-state index contributed by atoms with van der Waals surface area (Å²) < 4.78 is 0. The molecule has 0 aliphatic rings. The van der Waals surface area contributed by atoms with Gasteiger partial charge >= 0.3 is 5.97 Å². The lowest BCUT2D eigenvalue weighted by Crippen LogP contribution is -1.89. The van der Waals surface area contributed by atoms with E-state index in [0.717, 1.165) is 11.8 Å². The van der Waals surface area contributed by atoms with Crippen LogP contribution < -0.4 is 5.43 Å². The quantitative estimate of drug-likeness (QED) is 0.431. The molecule has 0 aliphatic carbocycles. The number of carbonyl (C=O) groups is 1. The number of benzene rings is 1. The SMILES string of the molecule is O=C(O)/C=C\C=N\Nc1ccccc1. The highest BCUT2D eigenvalue weighted by Crippen LogP contribution is 2.03. The number of aliphatic carboxylic acids is 1. The predicted octanol–water partition coefficient (Wildman–Crippen LogP) is 1.73. The number of hydrazone groups is 1. The molecule has 0 radical (unpaired) electrons. The van der Waals surface area contributed by atoms with Crippen LogP contribution in [0.3, 0.4) is 0 Å². The molecule has 0 saturated carbocycles. The minimum Gasteiger partial charge on any atom is -0.478 e. The molecule has 0 spiro atoms. The standard InChI is InChI=1S/C10H10N2O2/c13-10(14)7-4-8-11-12-9-5-2-1-3-6-9/h1-8,12H,(H,13,14)/b7-4-,11-8+. The van der Waals surface area contributed by atoms with Crippen LogP contribution in [-0.2, 0) is 4.79 Å². The lowest BCUT2D eigenvalue weighted by molar-refractivity contribution is -0.131. The Balaban J connectivity index is 2.38. The highest BCUT2D eigenvalue weighted by atomic mass is 16.4. The van der Waals surface area contributed by atoms with Crippen LogP contribution in [0.15, 0.2) is 47.6 Å². The van der Waals surface area contributed by atoms with Crippen molar-refractivity contribution in [3.63, 3.8) is 0 Å². The molecule has 0 saturated heterocycles. The minimum atomic E-state index is -0.990. The fourth-order valence-electron chi connectivity index (χ4n) is 0.793. The first-order valence-corrected chi connectivity index (χ1v) is 4.03. The van der Waals surface area contributed by atoms with Crippen molar-refractivity contribution in [2.45, 2.75) is 0 Å². The lowest BCUT2D eigenvalue weighted by Gasteiger charge is -1.96. The Morgan fingerprint density at radius 2 is 2.07 bits per heavy atom. The summed E-state index contributed by atoms with van der Waals surface area (Å²) >= 11 is 0. The Labute approximate surface area is 81.6 Å². The molecule has 14 heavy (non-hydrogen) atoms. The fourth-order valence-corrected chi connectivity index (χ4v) is 0.793. The van der Waals surface area contributed by atoms with E-state index in [0.29, 0.717) is 0 Å². The molecule has 0 fully saturated rings. The lowest BCUT2D eigenvalue weighted by atomic mass is 10.3. The Kier molecular flexibility index (Phi) is 3.94. The number of carboxylic acid groups (broad SMARTS) is 1. The fraction of sp³-hybridized carbons (Fsp3) is 0. The molecule has 1 aromatic carbocycles. The Morgan fingerprint density at radius 3 is 2.71 bits per heavy atom. The van der Waals surface area contributed by atoms with E-state index in [1.54, 1.807) is 0 Å². The summed E-state index contributed by atoms with van der Waals surface area (Å²) in [7, 11) is 0. The molecule has 0 aliphatic heterocycles. The Morgan fingerprint density at radius 1 is 1.36 bits per heavy atom. The summed E-state index contributed by atoms with van der Waals surface area (Å²) in [6.45, 7) is 0. The molecule has 1 rings (SSSR count). The number of hydrogen-bond donors (Lipinski definition) is 2. The number of para-hydroxylation sites is 1. The summed E-state index contributed by atoms with van der Waals surface area (Å²) in [5, 5.41) is 12.0. The maximum Gasteiger partial charge on any atom is 0.328 e. The maximum atomic E-state index is 10.1. The van der Waals surface area contributed by atoms with Gasteiger partial charge in [-0.1, -0.05) is 18.2 Å². The molecule has 72 valence electrons. The summed E-state index contributed by atoms with van der Waals surface area (Å²) in [5.41, 5.74) is 3.60. The van der Waals surface area contributed by atoms with Gasteiger partial charge in [-0.3, -0.25) is 5.43 Å². The van der Waals surface area contributed by atoms with E-state index in [-0.39, 0.29) is 0 Å². The molecule has 0 atom stereocenters. The highest BCUT2D eigenvalue weighted by Gasteiger charge is 1.83. The average molecular weight is 190 g/mol. The first-order chi connectivity index (χ1) is 6.79. The van der Waals surface area contributed by atoms with Crippen molar-refractivity contribution in [1.29, 1.82) is 0 Å². The third kappa shape index (κ3) is 4.06. The van der Waals surface area contributed by atoms with Crippen LogP contribution in [0, 0.1) is 0 Å².